The van der Waals surface area contributed by atoms with Crippen LogP contribution in [0.15, 0.2) is 18.2 Å². The summed E-state index contributed by atoms with van der Waals surface area (Å²) in [5.41, 5.74) is 1.96. The van der Waals surface area contributed by atoms with E-state index in [0.29, 0.717) is 0 Å². The van der Waals surface area contributed by atoms with Gasteiger partial charge in [0.25, 0.3) is 0 Å². The van der Waals surface area contributed by atoms with Crippen LogP contribution in [-0.2, 0) is 13.2 Å². The molecule has 0 aliphatic rings. The quantitative estimate of drug-likeness (QED) is 0.804. The number of aliphatic hydroxyl groups is 1. The van der Waals surface area contributed by atoms with Crippen molar-refractivity contribution < 1.29 is 5.11 Å². The third-order valence-corrected chi connectivity index (χ3v) is 2.15. The van der Waals surface area contributed by atoms with E-state index < -0.39 is 0 Å². The van der Waals surface area contributed by atoms with Crippen LogP contribution in [0.2, 0.25) is 5.02 Å². The molecule has 1 aromatic carbocycles. The summed E-state index contributed by atoms with van der Waals surface area (Å²) in [6.45, 7) is 0.865. The molecule has 0 atom stereocenters. The molecule has 0 radical (unpaired) electrons. The molecule has 0 aliphatic heterocycles. The second-order valence-corrected chi connectivity index (χ2v) is 3.73. The molecule has 0 unspecified atom stereocenters. The Balaban J connectivity index is 2.90. The van der Waals surface area contributed by atoms with Gasteiger partial charge in [-0.2, -0.15) is 0 Å². The van der Waals surface area contributed by atoms with Gasteiger partial charge in [-0.3, -0.25) is 0 Å². The minimum Gasteiger partial charge on any atom is -0.392 e. The molecule has 0 heterocycles. The smallest absolute Gasteiger partial charge is 0.0681 e. The first-order valence-electron chi connectivity index (χ1n) is 4.16. The summed E-state index contributed by atoms with van der Waals surface area (Å²) < 4.78 is 0. The monoisotopic (exact) mass is 199 g/mol. The van der Waals surface area contributed by atoms with Gasteiger partial charge in [0.05, 0.1) is 6.61 Å². The standard InChI is InChI=1S/C10H14ClNO/c1-12(2)6-9-5-8(7-13)3-4-10(9)11/h3-5,13H,6-7H2,1-2H3. The predicted molar refractivity (Wildman–Crippen MR) is 54.8 cm³/mol. The number of hydrogen-bond donors (Lipinski definition) is 1. The van der Waals surface area contributed by atoms with Crippen LogP contribution in [0.4, 0.5) is 0 Å². The van der Waals surface area contributed by atoms with Gasteiger partial charge in [0, 0.05) is 11.6 Å². The predicted octanol–water partition coefficient (Wildman–Crippen LogP) is 1.89. The fraction of sp³-hybridized carbons (Fsp3) is 0.400. The van der Waals surface area contributed by atoms with Gasteiger partial charge < -0.3 is 10.0 Å². The van der Waals surface area contributed by atoms with Crippen molar-refractivity contribution in [1.82, 2.24) is 4.90 Å². The number of halogens is 1. The lowest BCUT2D eigenvalue weighted by Crippen LogP contribution is -2.11. The van der Waals surface area contributed by atoms with Crippen molar-refractivity contribution in [1.29, 1.82) is 0 Å². The number of aliphatic hydroxyl groups excluding tert-OH is 1. The van der Waals surface area contributed by atoms with E-state index >= 15 is 0 Å². The van der Waals surface area contributed by atoms with E-state index in [1.807, 2.05) is 37.2 Å². The summed E-state index contributed by atoms with van der Waals surface area (Å²) in [6.07, 6.45) is 0. The lowest BCUT2D eigenvalue weighted by molar-refractivity contribution is 0.281. The highest BCUT2D eigenvalue weighted by Gasteiger charge is 2.02. The molecule has 1 N–H and O–H groups in total. The highest BCUT2D eigenvalue weighted by atomic mass is 35.5. The molecule has 1 aromatic rings. The molecule has 0 spiro atoms. The van der Waals surface area contributed by atoms with Crippen LogP contribution in [0.25, 0.3) is 0 Å². The molecule has 3 heteroatoms. The molecule has 0 saturated carbocycles. The normalized spacial score (nSPS) is 10.8. The van der Waals surface area contributed by atoms with Crippen molar-refractivity contribution in [3.8, 4) is 0 Å². The Bertz CT molecular complexity index is 286. The molecule has 0 aromatic heterocycles. The van der Waals surface area contributed by atoms with Crippen LogP contribution in [0, 0.1) is 0 Å². The maximum Gasteiger partial charge on any atom is 0.0681 e. The van der Waals surface area contributed by atoms with Gasteiger partial charge in [0.1, 0.15) is 0 Å². The first kappa shape index (κ1) is 10.5. The highest BCUT2D eigenvalue weighted by molar-refractivity contribution is 6.31. The maximum atomic E-state index is 8.93. The highest BCUT2D eigenvalue weighted by Crippen LogP contribution is 2.18. The summed E-state index contributed by atoms with van der Waals surface area (Å²) in [5.74, 6) is 0. The van der Waals surface area contributed by atoms with Crippen LogP contribution in [0.3, 0.4) is 0 Å². The van der Waals surface area contributed by atoms with Crippen molar-refractivity contribution >= 4 is 11.6 Å². The van der Waals surface area contributed by atoms with Gasteiger partial charge in [-0.15, -0.1) is 0 Å². The van der Waals surface area contributed by atoms with Crippen LogP contribution < -0.4 is 0 Å². The van der Waals surface area contributed by atoms with Crippen molar-refractivity contribution in [2.75, 3.05) is 14.1 Å². The zero-order valence-corrected chi connectivity index (χ0v) is 8.67. The third kappa shape index (κ3) is 2.99. The van der Waals surface area contributed by atoms with Crippen molar-refractivity contribution in [2.24, 2.45) is 0 Å². The fourth-order valence-electron chi connectivity index (χ4n) is 1.19. The SMILES string of the molecule is CN(C)Cc1cc(CO)ccc1Cl. The summed E-state index contributed by atoms with van der Waals surface area (Å²) in [7, 11) is 3.98. The Morgan fingerprint density at radius 3 is 2.62 bits per heavy atom. The second-order valence-electron chi connectivity index (χ2n) is 3.32. The summed E-state index contributed by atoms with van der Waals surface area (Å²) in [6, 6.07) is 5.59. The minimum atomic E-state index is 0.0671. The van der Waals surface area contributed by atoms with E-state index in [-0.39, 0.29) is 6.61 Å². The van der Waals surface area contributed by atoms with E-state index in [1.54, 1.807) is 0 Å². The van der Waals surface area contributed by atoms with Gasteiger partial charge in [0.2, 0.25) is 0 Å². The molecule has 13 heavy (non-hydrogen) atoms. The number of benzene rings is 1. The van der Waals surface area contributed by atoms with Crippen LogP contribution in [0.5, 0.6) is 0 Å². The Morgan fingerprint density at radius 1 is 1.38 bits per heavy atom. The first-order valence-corrected chi connectivity index (χ1v) is 4.54. The zero-order chi connectivity index (χ0) is 9.84. The average Bonchev–Trinajstić information content (AvgIpc) is 2.08. The largest absolute Gasteiger partial charge is 0.392 e. The van der Waals surface area contributed by atoms with Crippen LogP contribution in [-0.4, -0.2) is 24.1 Å². The van der Waals surface area contributed by atoms with E-state index in [9.17, 15) is 0 Å². The molecule has 0 bridgehead atoms. The van der Waals surface area contributed by atoms with E-state index in [1.165, 1.54) is 0 Å². The Hall–Kier alpha value is -0.570. The zero-order valence-electron chi connectivity index (χ0n) is 7.92. The molecule has 72 valence electrons. The third-order valence-electron chi connectivity index (χ3n) is 1.78. The minimum absolute atomic E-state index is 0.0671. The van der Waals surface area contributed by atoms with Crippen LogP contribution in [0.1, 0.15) is 11.1 Å². The van der Waals surface area contributed by atoms with Crippen molar-refractivity contribution in [3.63, 3.8) is 0 Å². The summed E-state index contributed by atoms with van der Waals surface area (Å²) in [5, 5.41) is 9.69. The summed E-state index contributed by atoms with van der Waals surface area (Å²) in [4.78, 5) is 2.04. The second kappa shape index (κ2) is 4.61. The van der Waals surface area contributed by atoms with Gasteiger partial charge in [-0.05, 0) is 31.3 Å². The van der Waals surface area contributed by atoms with E-state index in [4.69, 9.17) is 16.7 Å². The molecule has 0 aliphatic carbocycles. The van der Waals surface area contributed by atoms with Gasteiger partial charge >= 0.3 is 0 Å². The van der Waals surface area contributed by atoms with E-state index in [0.717, 1.165) is 22.7 Å². The van der Waals surface area contributed by atoms with E-state index in [2.05, 4.69) is 0 Å². The van der Waals surface area contributed by atoms with Crippen molar-refractivity contribution in [3.05, 3.63) is 34.3 Å². The lowest BCUT2D eigenvalue weighted by atomic mass is 10.1. The molecule has 0 fully saturated rings. The Morgan fingerprint density at radius 2 is 2.08 bits per heavy atom. The van der Waals surface area contributed by atoms with Crippen LogP contribution >= 0.6 is 11.6 Å². The molecule has 0 amide bonds. The van der Waals surface area contributed by atoms with Gasteiger partial charge in [0.15, 0.2) is 0 Å². The maximum absolute atomic E-state index is 8.93. The molecule has 1 rings (SSSR count). The summed E-state index contributed by atoms with van der Waals surface area (Å²) >= 11 is 5.99. The lowest BCUT2D eigenvalue weighted by Gasteiger charge is -2.11. The molecular formula is C10H14ClNO. The van der Waals surface area contributed by atoms with Gasteiger partial charge in [-0.25, -0.2) is 0 Å². The number of nitrogens with zero attached hydrogens (tertiary/aromatic N) is 1. The molecule has 2 nitrogen and oxygen atoms in total. The Kier molecular flexibility index (Phi) is 3.72. The topological polar surface area (TPSA) is 23.5 Å². The van der Waals surface area contributed by atoms with Gasteiger partial charge in [-0.1, -0.05) is 23.7 Å². The average molecular weight is 200 g/mol. The fourth-order valence-corrected chi connectivity index (χ4v) is 1.37. The van der Waals surface area contributed by atoms with Crippen molar-refractivity contribution in [2.45, 2.75) is 13.2 Å². The first-order chi connectivity index (χ1) is 6.13. The Labute approximate surface area is 83.7 Å². The number of rotatable bonds is 3. The molecule has 0 saturated heterocycles. The molecular weight excluding hydrogens is 186 g/mol. The number of hydrogen-bond acceptors (Lipinski definition) is 2.